The summed E-state index contributed by atoms with van der Waals surface area (Å²) < 4.78 is 0. The van der Waals surface area contributed by atoms with Gasteiger partial charge in [-0.2, -0.15) is 0 Å². The van der Waals surface area contributed by atoms with Gasteiger partial charge in [-0.1, -0.05) is 18.2 Å². The molecule has 2 unspecified atom stereocenters. The Bertz CT molecular complexity index is 376. The molecule has 0 aromatic heterocycles. The maximum absolute atomic E-state index is 9.48. The molecule has 1 fully saturated rings. The monoisotopic (exact) mass is 251 g/mol. The highest BCUT2D eigenvalue weighted by molar-refractivity contribution is 8.00. The van der Waals surface area contributed by atoms with Gasteiger partial charge in [-0.3, -0.25) is 0 Å². The fraction of sp³-hybridized carbons (Fsp3) is 0.571. The lowest BCUT2D eigenvalue weighted by Crippen LogP contribution is -2.44. The van der Waals surface area contributed by atoms with Crippen molar-refractivity contribution in [3.63, 3.8) is 0 Å². The number of nitrogens with one attached hydrogen (secondary N) is 1. The third-order valence-corrected chi connectivity index (χ3v) is 5.23. The lowest BCUT2D eigenvalue weighted by atomic mass is 10.00. The van der Waals surface area contributed by atoms with Crippen LogP contribution in [-0.2, 0) is 0 Å². The zero-order valence-corrected chi connectivity index (χ0v) is 11.4. The van der Waals surface area contributed by atoms with E-state index < -0.39 is 0 Å². The Labute approximate surface area is 108 Å². The summed E-state index contributed by atoms with van der Waals surface area (Å²) in [6.45, 7) is 2.41. The van der Waals surface area contributed by atoms with E-state index in [1.165, 1.54) is 16.9 Å². The molecule has 1 aromatic rings. The Morgan fingerprint density at radius 3 is 2.82 bits per heavy atom. The van der Waals surface area contributed by atoms with E-state index in [4.69, 9.17) is 0 Å². The Morgan fingerprint density at radius 2 is 2.24 bits per heavy atom. The minimum atomic E-state index is -0.0413. The summed E-state index contributed by atoms with van der Waals surface area (Å²) in [4.78, 5) is 1.38. The van der Waals surface area contributed by atoms with Gasteiger partial charge in [0.15, 0.2) is 0 Å². The predicted octanol–water partition coefficient (Wildman–Crippen LogP) is 2.59. The number of thioether (sulfide) groups is 1. The molecule has 1 aliphatic rings. The van der Waals surface area contributed by atoms with E-state index in [9.17, 15) is 5.11 Å². The van der Waals surface area contributed by atoms with Crippen molar-refractivity contribution < 1.29 is 5.11 Å². The van der Waals surface area contributed by atoms with Gasteiger partial charge in [-0.15, -0.1) is 11.8 Å². The topological polar surface area (TPSA) is 32.3 Å². The Balaban J connectivity index is 2.01. The molecule has 1 saturated carbocycles. The molecule has 1 aliphatic carbocycles. The van der Waals surface area contributed by atoms with E-state index >= 15 is 0 Å². The molecule has 0 saturated heterocycles. The summed E-state index contributed by atoms with van der Waals surface area (Å²) in [6, 6.07) is 8.54. The minimum absolute atomic E-state index is 0.0413. The molecule has 94 valence electrons. The highest BCUT2D eigenvalue weighted by Crippen LogP contribution is 2.40. The number of rotatable bonds is 4. The lowest BCUT2D eigenvalue weighted by Gasteiger charge is -2.26. The van der Waals surface area contributed by atoms with Crippen molar-refractivity contribution in [2.75, 3.05) is 13.7 Å². The first-order valence-corrected chi connectivity index (χ1v) is 7.09. The quantitative estimate of drug-likeness (QED) is 0.862. The van der Waals surface area contributed by atoms with E-state index in [2.05, 4.69) is 36.5 Å². The molecule has 0 bridgehead atoms. The molecular weight excluding hydrogens is 230 g/mol. The number of aryl methyl sites for hydroxylation is 1. The van der Waals surface area contributed by atoms with Crippen LogP contribution in [0.2, 0.25) is 0 Å². The third kappa shape index (κ3) is 2.84. The summed E-state index contributed by atoms with van der Waals surface area (Å²) in [5.41, 5.74) is 1.31. The SMILES string of the molecule is CNC1(CO)CCC(Sc2ccccc2C)C1. The van der Waals surface area contributed by atoms with Crippen LogP contribution < -0.4 is 5.32 Å². The largest absolute Gasteiger partial charge is 0.394 e. The van der Waals surface area contributed by atoms with Gasteiger partial charge >= 0.3 is 0 Å². The summed E-state index contributed by atoms with van der Waals surface area (Å²) in [7, 11) is 1.96. The predicted molar refractivity (Wildman–Crippen MR) is 73.6 cm³/mol. The molecule has 1 aromatic carbocycles. The first kappa shape index (κ1) is 12.9. The highest BCUT2D eigenvalue weighted by Gasteiger charge is 2.37. The average Bonchev–Trinajstić information content (AvgIpc) is 2.76. The molecule has 2 atom stereocenters. The van der Waals surface area contributed by atoms with Crippen LogP contribution in [0, 0.1) is 6.92 Å². The fourth-order valence-electron chi connectivity index (χ4n) is 2.50. The zero-order valence-electron chi connectivity index (χ0n) is 10.6. The van der Waals surface area contributed by atoms with Crippen LogP contribution in [0.15, 0.2) is 29.2 Å². The zero-order chi connectivity index (χ0) is 12.3. The fourth-order valence-corrected chi connectivity index (χ4v) is 3.90. The van der Waals surface area contributed by atoms with Gasteiger partial charge in [-0.05, 0) is 44.9 Å². The Hall–Kier alpha value is -0.510. The van der Waals surface area contributed by atoms with E-state index in [1.54, 1.807) is 0 Å². The maximum atomic E-state index is 9.48. The van der Waals surface area contributed by atoms with E-state index in [0.717, 1.165) is 12.8 Å². The first-order valence-electron chi connectivity index (χ1n) is 6.21. The normalized spacial score (nSPS) is 28.5. The molecule has 2 nitrogen and oxygen atoms in total. The van der Waals surface area contributed by atoms with Crippen LogP contribution in [0.4, 0.5) is 0 Å². The summed E-state index contributed by atoms with van der Waals surface area (Å²) in [5.74, 6) is 0. The van der Waals surface area contributed by atoms with Crippen molar-refractivity contribution in [1.29, 1.82) is 0 Å². The maximum Gasteiger partial charge on any atom is 0.0613 e. The van der Waals surface area contributed by atoms with Crippen molar-refractivity contribution in [2.45, 2.75) is 41.9 Å². The van der Waals surface area contributed by atoms with Gasteiger partial charge in [-0.25, -0.2) is 0 Å². The number of aliphatic hydroxyl groups is 1. The number of hydrogen-bond acceptors (Lipinski definition) is 3. The van der Waals surface area contributed by atoms with Crippen LogP contribution in [-0.4, -0.2) is 29.5 Å². The average molecular weight is 251 g/mol. The number of aliphatic hydroxyl groups excluding tert-OH is 1. The van der Waals surface area contributed by atoms with Crippen molar-refractivity contribution in [3.05, 3.63) is 29.8 Å². The second-order valence-corrected chi connectivity index (χ2v) is 6.28. The molecule has 0 amide bonds. The Kier molecular flexibility index (Phi) is 4.13. The van der Waals surface area contributed by atoms with E-state index in [-0.39, 0.29) is 12.1 Å². The van der Waals surface area contributed by atoms with Gasteiger partial charge in [0.1, 0.15) is 0 Å². The molecule has 0 spiro atoms. The minimum Gasteiger partial charge on any atom is -0.394 e. The molecule has 0 heterocycles. The number of likely N-dealkylation sites (N-methyl/N-ethyl adjacent to an activating group) is 1. The van der Waals surface area contributed by atoms with Crippen LogP contribution >= 0.6 is 11.8 Å². The van der Waals surface area contributed by atoms with Crippen LogP contribution in [0.3, 0.4) is 0 Å². The van der Waals surface area contributed by atoms with Crippen molar-refractivity contribution >= 4 is 11.8 Å². The van der Waals surface area contributed by atoms with Crippen LogP contribution in [0.5, 0.6) is 0 Å². The second kappa shape index (κ2) is 5.42. The summed E-state index contributed by atoms with van der Waals surface area (Å²) in [5, 5.41) is 13.4. The highest BCUT2D eigenvalue weighted by atomic mass is 32.2. The van der Waals surface area contributed by atoms with Crippen molar-refractivity contribution in [3.8, 4) is 0 Å². The molecule has 17 heavy (non-hydrogen) atoms. The third-order valence-electron chi connectivity index (χ3n) is 3.78. The molecule has 2 N–H and O–H groups in total. The smallest absolute Gasteiger partial charge is 0.0613 e. The molecule has 0 aliphatic heterocycles. The standard InChI is InChI=1S/C14H21NOS/c1-11-5-3-4-6-13(11)17-12-7-8-14(9-12,10-16)15-2/h3-6,12,15-16H,7-10H2,1-2H3. The summed E-state index contributed by atoms with van der Waals surface area (Å²) >= 11 is 1.96. The van der Waals surface area contributed by atoms with Crippen LogP contribution in [0.25, 0.3) is 0 Å². The van der Waals surface area contributed by atoms with Crippen molar-refractivity contribution in [2.24, 2.45) is 0 Å². The molecule has 0 radical (unpaired) electrons. The van der Waals surface area contributed by atoms with Crippen molar-refractivity contribution in [1.82, 2.24) is 5.32 Å². The molecule has 3 heteroatoms. The van der Waals surface area contributed by atoms with E-state index in [0.29, 0.717) is 5.25 Å². The van der Waals surface area contributed by atoms with E-state index in [1.807, 2.05) is 18.8 Å². The summed E-state index contributed by atoms with van der Waals surface area (Å²) in [6.07, 6.45) is 3.31. The number of hydrogen-bond donors (Lipinski definition) is 2. The lowest BCUT2D eigenvalue weighted by molar-refractivity contribution is 0.173. The molecule has 2 rings (SSSR count). The number of benzene rings is 1. The van der Waals surface area contributed by atoms with Gasteiger partial charge < -0.3 is 10.4 Å². The van der Waals surface area contributed by atoms with Gasteiger partial charge in [0, 0.05) is 15.7 Å². The van der Waals surface area contributed by atoms with Crippen LogP contribution in [0.1, 0.15) is 24.8 Å². The van der Waals surface area contributed by atoms with Gasteiger partial charge in [0.05, 0.1) is 6.61 Å². The first-order chi connectivity index (χ1) is 8.19. The molecular formula is C14H21NOS. The van der Waals surface area contributed by atoms with Gasteiger partial charge in [0.25, 0.3) is 0 Å². The Morgan fingerprint density at radius 1 is 1.47 bits per heavy atom. The van der Waals surface area contributed by atoms with Gasteiger partial charge in [0.2, 0.25) is 0 Å². The second-order valence-electron chi connectivity index (χ2n) is 4.94.